The van der Waals surface area contributed by atoms with Gasteiger partial charge in [-0.1, -0.05) is 30.3 Å². The molecule has 0 saturated heterocycles. The molecule has 2 aromatic rings. The Morgan fingerprint density at radius 3 is 2.21 bits per heavy atom. The van der Waals surface area contributed by atoms with Gasteiger partial charge in [0.2, 0.25) is 0 Å². The largest absolute Gasteiger partial charge is 0.236 e. The van der Waals surface area contributed by atoms with Crippen LogP contribution in [0.15, 0.2) is 42.7 Å². The lowest BCUT2D eigenvalue weighted by Gasteiger charge is -1.99. The Hall–Kier alpha value is -1.70. The number of rotatable bonds is 2. The summed E-state index contributed by atoms with van der Waals surface area (Å²) in [5, 5.41) is 0. The van der Waals surface area contributed by atoms with E-state index < -0.39 is 0 Å². The minimum atomic E-state index is 0.731. The van der Waals surface area contributed by atoms with E-state index in [0.717, 1.165) is 23.4 Å². The molecule has 0 aliphatic rings. The first kappa shape index (κ1) is 8.88. The number of aromatic nitrogens is 2. The third kappa shape index (κ3) is 1.79. The minimum Gasteiger partial charge on any atom is -0.236 e. The summed E-state index contributed by atoms with van der Waals surface area (Å²) < 4.78 is 0. The molecule has 0 fully saturated rings. The molecule has 0 aliphatic heterocycles. The van der Waals surface area contributed by atoms with Crippen LogP contribution in [0.5, 0.6) is 0 Å². The summed E-state index contributed by atoms with van der Waals surface area (Å²) in [5.74, 6) is 0.766. The van der Waals surface area contributed by atoms with Gasteiger partial charge in [-0.15, -0.1) is 0 Å². The highest BCUT2D eigenvalue weighted by Gasteiger charge is 1.98. The third-order valence-electron chi connectivity index (χ3n) is 2.03. The van der Waals surface area contributed by atoms with Crippen molar-refractivity contribution in [2.24, 2.45) is 0 Å². The lowest BCUT2D eigenvalue weighted by atomic mass is 10.2. The summed E-state index contributed by atoms with van der Waals surface area (Å²) in [6, 6.07) is 9.94. The topological polar surface area (TPSA) is 25.8 Å². The second kappa shape index (κ2) is 4.01. The molecular formula is C12H11N2. The van der Waals surface area contributed by atoms with Crippen LogP contribution in [0.1, 0.15) is 5.56 Å². The van der Waals surface area contributed by atoms with E-state index in [1.807, 2.05) is 42.7 Å². The van der Waals surface area contributed by atoms with Crippen molar-refractivity contribution in [3.8, 4) is 11.4 Å². The monoisotopic (exact) mass is 183 g/mol. The van der Waals surface area contributed by atoms with E-state index in [1.165, 1.54) is 0 Å². The maximum Gasteiger partial charge on any atom is 0.159 e. The van der Waals surface area contributed by atoms with E-state index >= 15 is 0 Å². The van der Waals surface area contributed by atoms with E-state index in [1.54, 1.807) is 0 Å². The minimum absolute atomic E-state index is 0.731. The Balaban J connectivity index is 2.34. The lowest BCUT2D eigenvalue weighted by Crippen LogP contribution is -1.90. The number of hydrogen-bond acceptors (Lipinski definition) is 2. The van der Waals surface area contributed by atoms with Crippen LogP contribution in [0.4, 0.5) is 0 Å². The zero-order valence-corrected chi connectivity index (χ0v) is 7.85. The second-order valence-corrected chi connectivity index (χ2v) is 3.03. The molecule has 0 saturated carbocycles. The Morgan fingerprint density at radius 2 is 1.64 bits per heavy atom. The first-order valence-electron chi connectivity index (χ1n) is 4.56. The van der Waals surface area contributed by atoms with Crippen LogP contribution in [0.3, 0.4) is 0 Å². The van der Waals surface area contributed by atoms with Crippen molar-refractivity contribution in [1.29, 1.82) is 0 Å². The maximum atomic E-state index is 4.27. The van der Waals surface area contributed by atoms with Crippen LogP contribution < -0.4 is 0 Å². The van der Waals surface area contributed by atoms with Crippen LogP contribution in [0, 0.1) is 6.92 Å². The van der Waals surface area contributed by atoms with Gasteiger partial charge < -0.3 is 0 Å². The van der Waals surface area contributed by atoms with Gasteiger partial charge in [0.05, 0.1) is 0 Å². The quantitative estimate of drug-likeness (QED) is 0.715. The van der Waals surface area contributed by atoms with Gasteiger partial charge in [0.1, 0.15) is 0 Å². The molecule has 69 valence electrons. The Morgan fingerprint density at radius 1 is 1.00 bits per heavy atom. The summed E-state index contributed by atoms with van der Waals surface area (Å²) in [4.78, 5) is 8.54. The summed E-state index contributed by atoms with van der Waals surface area (Å²) in [7, 11) is 0. The Bertz CT molecular complexity index is 392. The second-order valence-electron chi connectivity index (χ2n) is 3.03. The first-order chi connectivity index (χ1) is 6.90. The maximum absolute atomic E-state index is 4.27. The molecule has 2 nitrogen and oxygen atoms in total. The lowest BCUT2D eigenvalue weighted by molar-refractivity contribution is 1.10. The predicted molar refractivity (Wildman–Crippen MR) is 56.5 cm³/mol. The molecule has 0 bridgehead atoms. The van der Waals surface area contributed by atoms with E-state index in [9.17, 15) is 0 Å². The van der Waals surface area contributed by atoms with Crippen LogP contribution >= 0.6 is 0 Å². The van der Waals surface area contributed by atoms with Crippen molar-refractivity contribution in [3.63, 3.8) is 0 Å². The highest BCUT2D eigenvalue weighted by Crippen LogP contribution is 2.12. The van der Waals surface area contributed by atoms with Gasteiger partial charge in [0.15, 0.2) is 5.82 Å². The van der Waals surface area contributed by atoms with Gasteiger partial charge in [-0.3, -0.25) is 0 Å². The highest BCUT2D eigenvalue weighted by atomic mass is 14.9. The molecule has 0 spiro atoms. The average molecular weight is 183 g/mol. The van der Waals surface area contributed by atoms with Crippen LogP contribution in [0.2, 0.25) is 0 Å². The summed E-state index contributed by atoms with van der Waals surface area (Å²) in [6.07, 6.45) is 4.37. The Labute approximate surface area is 83.7 Å². The zero-order valence-electron chi connectivity index (χ0n) is 7.85. The molecule has 2 heteroatoms. The van der Waals surface area contributed by atoms with Gasteiger partial charge in [-0.25, -0.2) is 9.97 Å². The van der Waals surface area contributed by atoms with Crippen molar-refractivity contribution in [3.05, 3.63) is 55.2 Å². The molecule has 0 atom stereocenters. The van der Waals surface area contributed by atoms with Gasteiger partial charge in [0, 0.05) is 18.0 Å². The fourth-order valence-corrected chi connectivity index (χ4v) is 1.22. The van der Waals surface area contributed by atoms with E-state index in [4.69, 9.17) is 0 Å². The molecule has 0 amide bonds. The van der Waals surface area contributed by atoms with E-state index in [2.05, 4.69) is 16.9 Å². The van der Waals surface area contributed by atoms with Gasteiger partial charge in [-0.05, 0) is 18.9 Å². The van der Waals surface area contributed by atoms with Crippen molar-refractivity contribution < 1.29 is 0 Å². The number of benzene rings is 1. The first-order valence-corrected chi connectivity index (χ1v) is 4.56. The standard InChI is InChI=1S/C12H11N2/c1-2-10-8-13-12(14-9-10)11-6-4-3-5-7-11/h3-9H,1-2H2. The van der Waals surface area contributed by atoms with Crippen LogP contribution in [0.25, 0.3) is 11.4 Å². The van der Waals surface area contributed by atoms with Gasteiger partial charge in [-0.2, -0.15) is 0 Å². The molecule has 0 N–H and O–H groups in total. The molecule has 1 aromatic carbocycles. The van der Waals surface area contributed by atoms with Crippen molar-refractivity contribution in [1.82, 2.24) is 9.97 Å². The average Bonchev–Trinajstić information content (AvgIpc) is 2.30. The van der Waals surface area contributed by atoms with Crippen LogP contribution in [-0.4, -0.2) is 9.97 Å². The van der Waals surface area contributed by atoms with E-state index in [0.29, 0.717) is 0 Å². The smallest absolute Gasteiger partial charge is 0.159 e. The molecule has 1 aromatic heterocycles. The van der Waals surface area contributed by atoms with Crippen LogP contribution in [-0.2, 0) is 6.42 Å². The fourth-order valence-electron chi connectivity index (χ4n) is 1.22. The summed E-state index contributed by atoms with van der Waals surface area (Å²) in [6.45, 7) is 3.78. The molecule has 1 radical (unpaired) electrons. The normalized spacial score (nSPS) is 10.1. The molecule has 0 unspecified atom stereocenters. The van der Waals surface area contributed by atoms with Crippen molar-refractivity contribution >= 4 is 0 Å². The van der Waals surface area contributed by atoms with Gasteiger partial charge in [0.25, 0.3) is 0 Å². The van der Waals surface area contributed by atoms with Crippen molar-refractivity contribution in [2.45, 2.75) is 6.42 Å². The van der Waals surface area contributed by atoms with E-state index in [-0.39, 0.29) is 0 Å². The number of nitrogens with zero attached hydrogens (tertiary/aromatic N) is 2. The van der Waals surface area contributed by atoms with Crippen molar-refractivity contribution in [2.75, 3.05) is 0 Å². The fraction of sp³-hybridized carbons (Fsp3) is 0.0833. The SMILES string of the molecule is [CH2]Cc1cnc(-c2ccccc2)nc1. The molecule has 1 heterocycles. The highest BCUT2D eigenvalue weighted by molar-refractivity contribution is 5.53. The summed E-state index contributed by atoms with van der Waals surface area (Å²) in [5.41, 5.74) is 2.10. The number of hydrogen-bond donors (Lipinski definition) is 0. The summed E-state index contributed by atoms with van der Waals surface area (Å²) >= 11 is 0. The molecule has 0 aliphatic carbocycles. The molecule has 2 rings (SSSR count). The zero-order chi connectivity index (χ0) is 9.80. The molecule has 14 heavy (non-hydrogen) atoms. The predicted octanol–water partition coefficient (Wildman–Crippen LogP) is 2.52. The molecular weight excluding hydrogens is 172 g/mol. The third-order valence-corrected chi connectivity index (χ3v) is 2.03. The van der Waals surface area contributed by atoms with Gasteiger partial charge >= 0.3 is 0 Å². The Kier molecular flexibility index (Phi) is 2.54.